The standard InChI is InChI=1S/C49H32N2/c1-4-16-33(17-5-1)47-40-24-12-13-25-41(40)48(34-18-6-2-7-19-34)43-32-36(28-29-42(43)47)37-30-31-45(39-23-11-10-22-38(37)39)51-46-27-15-14-26-44(46)50-49(51)35-20-8-3-9-21-35/h1-32H. The van der Waals surface area contributed by atoms with Crippen molar-refractivity contribution in [3.63, 3.8) is 0 Å². The topological polar surface area (TPSA) is 17.8 Å². The molecule has 0 fully saturated rings. The largest absolute Gasteiger partial charge is 0.292 e. The average Bonchev–Trinajstić information content (AvgIpc) is 3.60. The molecular formula is C49H32N2. The summed E-state index contributed by atoms with van der Waals surface area (Å²) in [6.45, 7) is 0. The second-order valence-electron chi connectivity index (χ2n) is 13.1. The molecule has 0 aliphatic carbocycles. The Kier molecular flexibility index (Phi) is 6.85. The molecule has 2 nitrogen and oxygen atoms in total. The fourth-order valence-electron chi connectivity index (χ4n) is 7.96. The van der Waals surface area contributed by atoms with E-state index in [1.54, 1.807) is 0 Å². The minimum absolute atomic E-state index is 0.938. The summed E-state index contributed by atoms with van der Waals surface area (Å²) < 4.78 is 2.32. The van der Waals surface area contributed by atoms with E-state index in [0.29, 0.717) is 0 Å². The Labute approximate surface area is 296 Å². The zero-order valence-electron chi connectivity index (χ0n) is 27.9. The summed E-state index contributed by atoms with van der Waals surface area (Å²) in [5.41, 5.74) is 11.6. The Hall–Kier alpha value is -6.77. The third kappa shape index (κ3) is 4.76. The molecule has 0 unspecified atom stereocenters. The molecule has 10 aromatic rings. The Bertz CT molecular complexity index is 2890. The fraction of sp³-hybridized carbons (Fsp3) is 0. The molecule has 0 saturated carbocycles. The number of imidazole rings is 1. The lowest BCUT2D eigenvalue weighted by molar-refractivity contribution is 1.11. The molecule has 51 heavy (non-hydrogen) atoms. The van der Waals surface area contributed by atoms with Crippen LogP contribution in [0.5, 0.6) is 0 Å². The first kappa shape index (κ1) is 29.2. The Morgan fingerprint density at radius 1 is 0.333 bits per heavy atom. The van der Waals surface area contributed by atoms with Crippen LogP contribution in [0.25, 0.3) is 93.8 Å². The van der Waals surface area contributed by atoms with Crippen molar-refractivity contribution in [2.24, 2.45) is 0 Å². The molecule has 0 atom stereocenters. The normalized spacial score (nSPS) is 11.5. The molecular weight excluding hydrogens is 617 g/mol. The number of rotatable bonds is 5. The predicted molar refractivity (Wildman–Crippen MR) is 215 cm³/mol. The zero-order chi connectivity index (χ0) is 33.7. The van der Waals surface area contributed by atoms with Gasteiger partial charge >= 0.3 is 0 Å². The van der Waals surface area contributed by atoms with Crippen LogP contribution in [-0.4, -0.2) is 9.55 Å². The highest BCUT2D eigenvalue weighted by Gasteiger charge is 2.20. The molecule has 0 amide bonds. The van der Waals surface area contributed by atoms with Gasteiger partial charge in [0.15, 0.2) is 0 Å². The van der Waals surface area contributed by atoms with Crippen LogP contribution >= 0.6 is 0 Å². The second-order valence-corrected chi connectivity index (χ2v) is 13.1. The maximum atomic E-state index is 5.14. The minimum Gasteiger partial charge on any atom is -0.292 e. The average molecular weight is 649 g/mol. The van der Waals surface area contributed by atoms with Crippen LogP contribution < -0.4 is 0 Å². The van der Waals surface area contributed by atoms with Crippen LogP contribution in [0.3, 0.4) is 0 Å². The highest BCUT2D eigenvalue weighted by molar-refractivity contribution is 6.22. The molecule has 1 aromatic heterocycles. The highest BCUT2D eigenvalue weighted by atomic mass is 15.1. The molecule has 0 spiro atoms. The third-order valence-electron chi connectivity index (χ3n) is 10.2. The summed E-state index contributed by atoms with van der Waals surface area (Å²) in [7, 11) is 0. The first-order valence-electron chi connectivity index (χ1n) is 17.5. The van der Waals surface area contributed by atoms with Gasteiger partial charge in [-0.2, -0.15) is 0 Å². The zero-order valence-corrected chi connectivity index (χ0v) is 27.9. The molecule has 238 valence electrons. The van der Waals surface area contributed by atoms with Crippen molar-refractivity contribution in [3.8, 4) is 50.5 Å². The van der Waals surface area contributed by atoms with Gasteiger partial charge in [-0.1, -0.05) is 170 Å². The lowest BCUT2D eigenvalue weighted by atomic mass is 9.84. The highest BCUT2D eigenvalue weighted by Crippen LogP contribution is 2.45. The van der Waals surface area contributed by atoms with Crippen LogP contribution in [0.15, 0.2) is 194 Å². The molecule has 0 radical (unpaired) electrons. The summed E-state index contributed by atoms with van der Waals surface area (Å²) in [6.07, 6.45) is 0. The number of nitrogens with zero attached hydrogens (tertiary/aromatic N) is 2. The Morgan fingerprint density at radius 2 is 0.843 bits per heavy atom. The van der Waals surface area contributed by atoms with E-state index in [-0.39, 0.29) is 0 Å². The molecule has 0 N–H and O–H groups in total. The van der Waals surface area contributed by atoms with Crippen LogP contribution in [0.2, 0.25) is 0 Å². The van der Waals surface area contributed by atoms with Crippen molar-refractivity contribution in [1.82, 2.24) is 9.55 Å². The van der Waals surface area contributed by atoms with E-state index in [1.807, 2.05) is 0 Å². The van der Waals surface area contributed by atoms with E-state index in [9.17, 15) is 0 Å². The smallest absolute Gasteiger partial charge is 0.145 e. The van der Waals surface area contributed by atoms with Gasteiger partial charge in [0, 0.05) is 10.9 Å². The SMILES string of the molecule is c1ccc(-c2c3ccccc3c(-c3ccccc3)c3cc(-c4ccc(-n5c(-c6ccccc6)nc6ccccc65)c5ccccc45)ccc23)cc1. The van der Waals surface area contributed by atoms with Gasteiger partial charge in [-0.15, -0.1) is 0 Å². The van der Waals surface area contributed by atoms with Gasteiger partial charge < -0.3 is 0 Å². The van der Waals surface area contributed by atoms with Crippen LogP contribution in [0.1, 0.15) is 0 Å². The number of para-hydroxylation sites is 2. The van der Waals surface area contributed by atoms with Gasteiger partial charge in [0.2, 0.25) is 0 Å². The van der Waals surface area contributed by atoms with Crippen molar-refractivity contribution in [3.05, 3.63) is 194 Å². The van der Waals surface area contributed by atoms with Gasteiger partial charge in [0.05, 0.1) is 16.7 Å². The Balaban J connectivity index is 1.25. The number of hydrogen-bond donors (Lipinski definition) is 0. The van der Waals surface area contributed by atoms with Crippen molar-refractivity contribution in [2.75, 3.05) is 0 Å². The number of fused-ring (bicyclic) bond motifs is 4. The Morgan fingerprint density at radius 3 is 1.51 bits per heavy atom. The second kappa shape index (κ2) is 12.0. The van der Waals surface area contributed by atoms with Crippen LogP contribution in [-0.2, 0) is 0 Å². The number of hydrogen-bond acceptors (Lipinski definition) is 1. The summed E-state index contributed by atoms with van der Waals surface area (Å²) in [6, 6.07) is 69.9. The van der Waals surface area contributed by atoms with Gasteiger partial charge in [-0.25, -0.2) is 4.98 Å². The van der Waals surface area contributed by atoms with Gasteiger partial charge in [-0.05, 0) is 84.6 Å². The van der Waals surface area contributed by atoms with Gasteiger partial charge in [0.25, 0.3) is 0 Å². The molecule has 0 aliphatic heterocycles. The van der Waals surface area contributed by atoms with E-state index in [1.165, 1.54) is 65.7 Å². The molecule has 0 saturated heterocycles. The number of aromatic nitrogens is 2. The first-order chi connectivity index (χ1) is 25.3. The third-order valence-corrected chi connectivity index (χ3v) is 10.2. The minimum atomic E-state index is 0.938. The van der Waals surface area contributed by atoms with Crippen molar-refractivity contribution >= 4 is 43.4 Å². The molecule has 9 aromatic carbocycles. The lowest BCUT2D eigenvalue weighted by Gasteiger charge is -2.19. The van der Waals surface area contributed by atoms with E-state index in [2.05, 4.69) is 199 Å². The van der Waals surface area contributed by atoms with E-state index in [0.717, 1.165) is 28.1 Å². The van der Waals surface area contributed by atoms with E-state index < -0.39 is 0 Å². The van der Waals surface area contributed by atoms with E-state index in [4.69, 9.17) is 4.98 Å². The fourth-order valence-corrected chi connectivity index (χ4v) is 7.96. The quantitative estimate of drug-likeness (QED) is 0.170. The maximum Gasteiger partial charge on any atom is 0.145 e. The van der Waals surface area contributed by atoms with Crippen molar-refractivity contribution in [2.45, 2.75) is 0 Å². The lowest BCUT2D eigenvalue weighted by Crippen LogP contribution is -1.99. The van der Waals surface area contributed by atoms with E-state index >= 15 is 0 Å². The predicted octanol–water partition coefficient (Wildman–Crippen LogP) is 13.2. The summed E-state index contributed by atoms with van der Waals surface area (Å²) >= 11 is 0. The maximum absolute atomic E-state index is 5.14. The summed E-state index contributed by atoms with van der Waals surface area (Å²) in [5.74, 6) is 0.938. The molecule has 1 heterocycles. The van der Waals surface area contributed by atoms with Crippen LogP contribution in [0, 0.1) is 0 Å². The monoisotopic (exact) mass is 648 g/mol. The summed E-state index contributed by atoms with van der Waals surface area (Å²) in [4.78, 5) is 5.14. The van der Waals surface area contributed by atoms with Gasteiger partial charge in [0.1, 0.15) is 5.82 Å². The molecule has 10 rings (SSSR count). The van der Waals surface area contributed by atoms with Crippen LogP contribution in [0.4, 0.5) is 0 Å². The van der Waals surface area contributed by atoms with Crippen molar-refractivity contribution in [1.29, 1.82) is 0 Å². The van der Waals surface area contributed by atoms with Gasteiger partial charge in [-0.3, -0.25) is 4.57 Å². The summed E-state index contributed by atoms with van der Waals surface area (Å²) in [5, 5.41) is 7.41. The molecule has 0 bridgehead atoms. The molecule has 2 heteroatoms. The number of benzene rings is 9. The molecule has 0 aliphatic rings. The van der Waals surface area contributed by atoms with Crippen molar-refractivity contribution < 1.29 is 0 Å². The first-order valence-corrected chi connectivity index (χ1v) is 17.5.